The first-order valence-electron chi connectivity index (χ1n) is 9.69. The number of H-pyrrole nitrogens is 1. The van der Waals surface area contributed by atoms with Gasteiger partial charge in [0, 0.05) is 31.5 Å². The summed E-state index contributed by atoms with van der Waals surface area (Å²) in [4.78, 5) is 35.8. The monoisotopic (exact) mass is 353 g/mol. The lowest BCUT2D eigenvalue weighted by Gasteiger charge is -2.48. The summed E-state index contributed by atoms with van der Waals surface area (Å²) in [6.07, 6.45) is 11.3. The number of imidazole rings is 1. The van der Waals surface area contributed by atoms with E-state index in [1.165, 1.54) is 12.7 Å². The molecule has 1 fully saturated rings. The van der Waals surface area contributed by atoms with Crippen molar-refractivity contribution in [1.82, 2.24) is 14.9 Å². The predicted molar refractivity (Wildman–Crippen MR) is 94.1 cm³/mol. The summed E-state index contributed by atoms with van der Waals surface area (Å²) < 4.78 is 5.61. The average molecular weight is 353 g/mol. The standard InChI is InChI=1S/C20H23N3O3/c24-15-5-4-6-16-17(15)13(11-26-16)19(25)23-10-7-14-18(22-12-21-14)20(23)8-2-1-3-9-20/h11-12H,1-10H2,(H,21,22). The largest absolute Gasteiger partial charge is 0.468 e. The molecule has 26 heavy (non-hydrogen) atoms. The van der Waals surface area contributed by atoms with Crippen LogP contribution in [0.15, 0.2) is 17.0 Å². The predicted octanol–water partition coefficient (Wildman–Crippen LogP) is 3.38. The lowest BCUT2D eigenvalue weighted by molar-refractivity contribution is 0.0245. The number of hydrogen-bond donors (Lipinski definition) is 1. The van der Waals surface area contributed by atoms with E-state index in [1.54, 1.807) is 6.33 Å². The highest BCUT2D eigenvalue weighted by atomic mass is 16.3. The minimum atomic E-state index is -0.342. The van der Waals surface area contributed by atoms with Crippen molar-refractivity contribution in [3.8, 4) is 0 Å². The molecule has 2 aromatic rings. The SMILES string of the molecule is O=C1CCCc2occ(C(=O)N3CCc4[nH]cnc4C34CCCCC4)c21. The number of nitrogens with zero attached hydrogens (tertiary/aromatic N) is 2. The molecule has 0 bridgehead atoms. The van der Waals surface area contributed by atoms with Gasteiger partial charge in [0.2, 0.25) is 0 Å². The number of ketones is 1. The zero-order valence-electron chi connectivity index (χ0n) is 14.8. The molecule has 2 aromatic heterocycles. The summed E-state index contributed by atoms with van der Waals surface area (Å²) in [6.45, 7) is 0.655. The number of amides is 1. The quantitative estimate of drug-likeness (QED) is 0.852. The number of rotatable bonds is 1. The van der Waals surface area contributed by atoms with Crippen LogP contribution in [0.25, 0.3) is 0 Å². The highest BCUT2D eigenvalue weighted by molar-refractivity contribution is 6.09. The molecule has 3 aliphatic rings. The fourth-order valence-electron chi connectivity index (χ4n) is 5.14. The van der Waals surface area contributed by atoms with E-state index in [0.717, 1.165) is 56.3 Å². The number of Topliss-reactive ketones (excluding diaryl/α,β-unsaturated/α-hetero) is 1. The number of nitrogens with one attached hydrogen (secondary N) is 1. The number of carbonyl (C=O) groups excluding carboxylic acids is 2. The number of hydrogen-bond acceptors (Lipinski definition) is 4. The van der Waals surface area contributed by atoms with Crippen LogP contribution < -0.4 is 0 Å². The van der Waals surface area contributed by atoms with Crippen LogP contribution in [0.3, 0.4) is 0 Å². The van der Waals surface area contributed by atoms with E-state index in [2.05, 4.69) is 9.97 Å². The van der Waals surface area contributed by atoms with Gasteiger partial charge in [-0.05, 0) is 19.3 Å². The lowest BCUT2D eigenvalue weighted by atomic mass is 9.74. The molecule has 0 unspecified atom stereocenters. The fourth-order valence-corrected chi connectivity index (χ4v) is 5.14. The maximum Gasteiger partial charge on any atom is 0.258 e. The van der Waals surface area contributed by atoms with Gasteiger partial charge < -0.3 is 14.3 Å². The molecule has 6 nitrogen and oxygen atoms in total. The van der Waals surface area contributed by atoms with Gasteiger partial charge in [-0.1, -0.05) is 19.3 Å². The van der Waals surface area contributed by atoms with Gasteiger partial charge in [-0.25, -0.2) is 4.98 Å². The first-order valence-corrected chi connectivity index (χ1v) is 9.69. The Morgan fingerprint density at radius 1 is 1.15 bits per heavy atom. The second-order valence-electron chi connectivity index (χ2n) is 7.75. The van der Waals surface area contributed by atoms with E-state index in [1.807, 2.05) is 4.90 Å². The van der Waals surface area contributed by atoms with Crippen LogP contribution in [0.4, 0.5) is 0 Å². The van der Waals surface area contributed by atoms with Crippen molar-refractivity contribution in [2.24, 2.45) is 0 Å². The van der Waals surface area contributed by atoms with E-state index in [0.29, 0.717) is 29.9 Å². The van der Waals surface area contributed by atoms with E-state index < -0.39 is 0 Å². The zero-order valence-corrected chi connectivity index (χ0v) is 14.8. The molecule has 6 heteroatoms. The Bertz CT molecular complexity index is 873. The van der Waals surface area contributed by atoms with Gasteiger partial charge in [0.25, 0.3) is 5.91 Å². The molecule has 1 N–H and O–H groups in total. The van der Waals surface area contributed by atoms with Gasteiger partial charge in [0.05, 0.1) is 28.7 Å². The van der Waals surface area contributed by atoms with Crippen LogP contribution in [-0.2, 0) is 18.4 Å². The first kappa shape index (κ1) is 15.9. The van der Waals surface area contributed by atoms with Gasteiger partial charge in [-0.2, -0.15) is 0 Å². The summed E-state index contributed by atoms with van der Waals surface area (Å²) in [5, 5.41) is 0. The highest BCUT2D eigenvalue weighted by Gasteiger charge is 2.48. The Morgan fingerprint density at radius 3 is 2.85 bits per heavy atom. The molecule has 3 heterocycles. The molecule has 2 aliphatic carbocycles. The number of fused-ring (bicyclic) bond motifs is 3. The molecule has 1 spiro atoms. The first-order chi connectivity index (χ1) is 12.7. The Hall–Kier alpha value is -2.37. The summed E-state index contributed by atoms with van der Waals surface area (Å²) in [5.41, 5.74) is 2.82. The number of aromatic nitrogens is 2. The molecule has 1 saturated carbocycles. The van der Waals surface area contributed by atoms with Crippen LogP contribution >= 0.6 is 0 Å². The fraction of sp³-hybridized carbons (Fsp3) is 0.550. The van der Waals surface area contributed by atoms with Crippen molar-refractivity contribution < 1.29 is 14.0 Å². The normalized spacial score (nSPS) is 21.5. The Balaban J connectivity index is 1.58. The van der Waals surface area contributed by atoms with Crippen molar-refractivity contribution in [3.63, 3.8) is 0 Å². The van der Waals surface area contributed by atoms with E-state index in [-0.39, 0.29) is 17.2 Å². The molecule has 1 aliphatic heterocycles. The van der Waals surface area contributed by atoms with Crippen LogP contribution in [0.2, 0.25) is 0 Å². The second-order valence-corrected chi connectivity index (χ2v) is 7.75. The summed E-state index contributed by atoms with van der Waals surface area (Å²) in [6, 6.07) is 0. The van der Waals surface area contributed by atoms with Crippen LogP contribution in [0.1, 0.15) is 82.8 Å². The zero-order chi connectivity index (χ0) is 17.7. The minimum Gasteiger partial charge on any atom is -0.468 e. The van der Waals surface area contributed by atoms with Gasteiger partial charge in [-0.3, -0.25) is 9.59 Å². The summed E-state index contributed by atoms with van der Waals surface area (Å²) >= 11 is 0. The molecule has 0 aromatic carbocycles. The molecule has 0 saturated heterocycles. The van der Waals surface area contributed by atoms with E-state index >= 15 is 0 Å². The van der Waals surface area contributed by atoms with Gasteiger partial charge in [0.15, 0.2) is 5.78 Å². The highest BCUT2D eigenvalue weighted by Crippen LogP contribution is 2.46. The van der Waals surface area contributed by atoms with Crippen molar-refractivity contribution in [3.05, 3.63) is 40.9 Å². The number of aromatic amines is 1. The topological polar surface area (TPSA) is 79.2 Å². The molecule has 1 amide bonds. The lowest BCUT2D eigenvalue weighted by Crippen LogP contribution is -2.54. The smallest absolute Gasteiger partial charge is 0.258 e. The van der Waals surface area contributed by atoms with Gasteiger partial charge >= 0.3 is 0 Å². The summed E-state index contributed by atoms with van der Waals surface area (Å²) in [7, 11) is 0. The third-order valence-electron chi connectivity index (χ3n) is 6.37. The third kappa shape index (κ3) is 2.14. The van der Waals surface area contributed by atoms with Crippen LogP contribution in [0.5, 0.6) is 0 Å². The second kappa shape index (κ2) is 5.83. The molecule has 0 radical (unpaired) electrons. The third-order valence-corrected chi connectivity index (χ3v) is 6.37. The number of carbonyl (C=O) groups is 2. The number of furan rings is 1. The number of aryl methyl sites for hydroxylation is 1. The molecular formula is C20H23N3O3. The Kier molecular flexibility index (Phi) is 3.55. The Labute approximate surface area is 152 Å². The average Bonchev–Trinajstić information content (AvgIpc) is 3.30. The van der Waals surface area contributed by atoms with E-state index in [4.69, 9.17) is 4.42 Å². The Morgan fingerprint density at radius 2 is 2.00 bits per heavy atom. The van der Waals surface area contributed by atoms with Gasteiger partial charge in [0.1, 0.15) is 12.0 Å². The maximum absolute atomic E-state index is 13.6. The molecule has 5 rings (SSSR count). The molecule has 136 valence electrons. The van der Waals surface area contributed by atoms with Crippen LogP contribution in [-0.4, -0.2) is 33.1 Å². The summed E-state index contributed by atoms with van der Waals surface area (Å²) in [5.74, 6) is 0.652. The van der Waals surface area contributed by atoms with Gasteiger partial charge in [-0.15, -0.1) is 0 Å². The maximum atomic E-state index is 13.6. The molecular weight excluding hydrogens is 330 g/mol. The van der Waals surface area contributed by atoms with Crippen molar-refractivity contribution in [1.29, 1.82) is 0 Å². The minimum absolute atomic E-state index is 0.0403. The van der Waals surface area contributed by atoms with Crippen LogP contribution in [0, 0.1) is 0 Å². The van der Waals surface area contributed by atoms with E-state index in [9.17, 15) is 9.59 Å². The van der Waals surface area contributed by atoms with Crippen molar-refractivity contribution in [2.45, 2.75) is 63.3 Å². The van der Waals surface area contributed by atoms with Crippen molar-refractivity contribution in [2.75, 3.05) is 6.54 Å². The molecule has 0 atom stereocenters. The van der Waals surface area contributed by atoms with Crippen molar-refractivity contribution >= 4 is 11.7 Å².